The van der Waals surface area contributed by atoms with Crippen molar-refractivity contribution in [1.82, 2.24) is 9.97 Å². The van der Waals surface area contributed by atoms with Crippen LogP contribution in [0.4, 0.5) is 5.69 Å². The molecule has 1 aromatic heterocycles. The number of aromatic nitrogens is 2. The highest BCUT2D eigenvalue weighted by atomic mass is 35.5. The van der Waals surface area contributed by atoms with Crippen LogP contribution in [0, 0.1) is 0 Å². The van der Waals surface area contributed by atoms with Crippen LogP contribution in [-0.4, -0.2) is 9.97 Å². The SMILES string of the molecule is Clc1ccc(Cl)c(CNc2ccc3[nH]cnc3c2)c1. The Hall–Kier alpha value is -1.71. The lowest BCUT2D eigenvalue weighted by Gasteiger charge is -2.08. The normalized spacial score (nSPS) is 10.8. The van der Waals surface area contributed by atoms with E-state index in [1.54, 1.807) is 18.5 Å². The van der Waals surface area contributed by atoms with Crippen molar-refractivity contribution in [2.45, 2.75) is 6.54 Å². The molecule has 0 saturated carbocycles. The maximum absolute atomic E-state index is 6.12. The Bertz CT molecular complexity index is 722. The first-order chi connectivity index (χ1) is 9.22. The van der Waals surface area contributed by atoms with Gasteiger partial charge in [-0.2, -0.15) is 0 Å². The molecular formula is C14H11Cl2N3. The van der Waals surface area contributed by atoms with Gasteiger partial charge in [0.15, 0.2) is 0 Å². The molecule has 1 heterocycles. The number of nitrogens with one attached hydrogen (secondary N) is 2. The minimum Gasteiger partial charge on any atom is -0.381 e. The summed E-state index contributed by atoms with van der Waals surface area (Å²) < 4.78 is 0. The topological polar surface area (TPSA) is 40.7 Å². The molecule has 0 bridgehead atoms. The van der Waals surface area contributed by atoms with Crippen molar-refractivity contribution < 1.29 is 0 Å². The summed E-state index contributed by atoms with van der Waals surface area (Å²) >= 11 is 12.1. The van der Waals surface area contributed by atoms with Gasteiger partial charge in [-0.3, -0.25) is 0 Å². The quantitative estimate of drug-likeness (QED) is 0.747. The predicted octanol–water partition coefficient (Wildman–Crippen LogP) is 4.48. The second kappa shape index (κ2) is 5.11. The average molecular weight is 292 g/mol. The first-order valence-corrected chi connectivity index (χ1v) is 6.59. The van der Waals surface area contributed by atoms with E-state index >= 15 is 0 Å². The molecule has 3 nitrogen and oxygen atoms in total. The van der Waals surface area contributed by atoms with E-state index < -0.39 is 0 Å². The summed E-state index contributed by atoms with van der Waals surface area (Å²) in [6.07, 6.45) is 1.68. The second-order valence-electron chi connectivity index (χ2n) is 4.22. The molecule has 0 amide bonds. The van der Waals surface area contributed by atoms with Crippen molar-refractivity contribution in [2.75, 3.05) is 5.32 Å². The van der Waals surface area contributed by atoms with E-state index in [9.17, 15) is 0 Å². The van der Waals surface area contributed by atoms with Gasteiger partial charge in [0, 0.05) is 22.3 Å². The lowest BCUT2D eigenvalue weighted by Crippen LogP contribution is -2.00. The number of halogens is 2. The molecule has 0 aliphatic heterocycles. The third-order valence-electron chi connectivity index (χ3n) is 2.91. The van der Waals surface area contributed by atoms with Gasteiger partial charge in [0.05, 0.1) is 17.4 Å². The van der Waals surface area contributed by atoms with Crippen molar-refractivity contribution in [1.29, 1.82) is 0 Å². The van der Waals surface area contributed by atoms with E-state index in [1.165, 1.54) is 0 Å². The molecule has 3 aromatic rings. The molecule has 0 fully saturated rings. The zero-order chi connectivity index (χ0) is 13.2. The molecule has 96 valence electrons. The summed E-state index contributed by atoms with van der Waals surface area (Å²) in [5, 5.41) is 4.70. The number of aromatic amines is 1. The van der Waals surface area contributed by atoms with E-state index in [0.717, 1.165) is 22.3 Å². The van der Waals surface area contributed by atoms with E-state index in [2.05, 4.69) is 15.3 Å². The number of benzene rings is 2. The first kappa shape index (κ1) is 12.3. The van der Waals surface area contributed by atoms with Gasteiger partial charge in [0.25, 0.3) is 0 Å². The number of hydrogen-bond acceptors (Lipinski definition) is 2. The average Bonchev–Trinajstić information content (AvgIpc) is 2.87. The molecule has 0 saturated heterocycles. The van der Waals surface area contributed by atoms with Gasteiger partial charge in [-0.25, -0.2) is 4.98 Å². The zero-order valence-electron chi connectivity index (χ0n) is 9.95. The maximum Gasteiger partial charge on any atom is 0.0931 e. The zero-order valence-corrected chi connectivity index (χ0v) is 11.5. The summed E-state index contributed by atoms with van der Waals surface area (Å²) in [7, 11) is 0. The summed E-state index contributed by atoms with van der Waals surface area (Å²) in [5.41, 5.74) is 3.92. The third-order valence-corrected chi connectivity index (χ3v) is 3.52. The maximum atomic E-state index is 6.12. The molecule has 2 N–H and O–H groups in total. The fourth-order valence-corrected chi connectivity index (χ4v) is 2.30. The van der Waals surface area contributed by atoms with Crippen molar-refractivity contribution in [3.63, 3.8) is 0 Å². The van der Waals surface area contributed by atoms with Crippen LogP contribution in [0.15, 0.2) is 42.7 Å². The van der Waals surface area contributed by atoms with E-state index in [4.69, 9.17) is 23.2 Å². The number of H-pyrrole nitrogens is 1. The molecule has 5 heteroatoms. The molecule has 0 spiro atoms. The van der Waals surface area contributed by atoms with Crippen molar-refractivity contribution in [3.8, 4) is 0 Å². The Balaban J connectivity index is 1.79. The molecule has 0 radical (unpaired) electrons. The van der Waals surface area contributed by atoms with Gasteiger partial charge >= 0.3 is 0 Å². The van der Waals surface area contributed by atoms with Crippen LogP contribution < -0.4 is 5.32 Å². The Labute approximate surface area is 120 Å². The van der Waals surface area contributed by atoms with E-state index in [1.807, 2.05) is 24.3 Å². The van der Waals surface area contributed by atoms with Crippen LogP contribution in [0.3, 0.4) is 0 Å². The number of imidazole rings is 1. The third kappa shape index (κ3) is 2.67. The van der Waals surface area contributed by atoms with Crippen LogP contribution in [0.25, 0.3) is 11.0 Å². The van der Waals surface area contributed by atoms with E-state index in [0.29, 0.717) is 16.6 Å². The number of anilines is 1. The molecule has 0 aliphatic rings. The van der Waals surface area contributed by atoms with E-state index in [-0.39, 0.29) is 0 Å². The van der Waals surface area contributed by atoms with Gasteiger partial charge in [-0.05, 0) is 42.0 Å². The summed E-state index contributed by atoms with van der Waals surface area (Å²) in [4.78, 5) is 7.28. The van der Waals surface area contributed by atoms with Crippen molar-refractivity contribution in [3.05, 3.63) is 58.3 Å². The Morgan fingerprint density at radius 3 is 2.89 bits per heavy atom. The summed E-state index contributed by atoms with van der Waals surface area (Å²) in [5.74, 6) is 0. The van der Waals surface area contributed by atoms with Gasteiger partial charge in [-0.1, -0.05) is 23.2 Å². The molecule has 0 atom stereocenters. The standard InChI is InChI=1S/C14H11Cl2N3/c15-10-1-3-12(16)9(5-10)7-17-11-2-4-13-14(6-11)19-8-18-13/h1-6,8,17H,7H2,(H,18,19). The molecular weight excluding hydrogens is 281 g/mol. The molecule has 3 rings (SSSR count). The minimum atomic E-state index is 0.620. The molecule has 0 aliphatic carbocycles. The fraction of sp³-hybridized carbons (Fsp3) is 0.0714. The molecule has 19 heavy (non-hydrogen) atoms. The lowest BCUT2D eigenvalue weighted by molar-refractivity contribution is 1.15. The highest BCUT2D eigenvalue weighted by Gasteiger charge is 2.02. The van der Waals surface area contributed by atoms with Gasteiger partial charge in [0.2, 0.25) is 0 Å². The largest absolute Gasteiger partial charge is 0.381 e. The van der Waals surface area contributed by atoms with Crippen LogP contribution in [-0.2, 0) is 6.54 Å². The van der Waals surface area contributed by atoms with Crippen LogP contribution in [0.2, 0.25) is 10.0 Å². The number of hydrogen-bond donors (Lipinski definition) is 2. The monoisotopic (exact) mass is 291 g/mol. The Morgan fingerprint density at radius 1 is 1.11 bits per heavy atom. The Kier molecular flexibility index (Phi) is 3.32. The predicted molar refractivity (Wildman–Crippen MR) is 79.9 cm³/mol. The fourth-order valence-electron chi connectivity index (χ4n) is 1.92. The van der Waals surface area contributed by atoms with Gasteiger partial charge in [-0.15, -0.1) is 0 Å². The minimum absolute atomic E-state index is 0.620. The van der Waals surface area contributed by atoms with Crippen LogP contribution in [0.5, 0.6) is 0 Å². The number of fused-ring (bicyclic) bond motifs is 1. The van der Waals surface area contributed by atoms with Gasteiger partial charge < -0.3 is 10.3 Å². The number of rotatable bonds is 3. The summed E-state index contributed by atoms with van der Waals surface area (Å²) in [6, 6.07) is 11.4. The van der Waals surface area contributed by atoms with Crippen LogP contribution >= 0.6 is 23.2 Å². The van der Waals surface area contributed by atoms with Crippen molar-refractivity contribution in [2.24, 2.45) is 0 Å². The lowest BCUT2D eigenvalue weighted by atomic mass is 10.2. The van der Waals surface area contributed by atoms with Crippen molar-refractivity contribution >= 4 is 39.9 Å². The highest BCUT2D eigenvalue weighted by molar-refractivity contribution is 6.33. The molecule has 2 aromatic carbocycles. The summed E-state index contributed by atoms with van der Waals surface area (Å²) in [6.45, 7) is 0.620. The van der Waals surface area contributed by atoms with Crippen LogP contribution in [0.1, 0.15) is 5.56 Å². The second-order valence-corrected chi connectivity index (χ2v) is 5.07. The Morgan fingerprint density at radius 2 is 2.00 bits per heavy atom. The van der Waals surface area contributed by atoms with Gasteiger partial charge in [0.1, 0.15) is 0 Å². The number of nitrogens with zero attached hydrogens (tertiary/aromatic N) is 1. The molecule has 0 unspecified atom stereocenters. The smallest absolute Gasteiger partial charge is 0.0931 e. The highest BCUT2D eigenvalue weighted by Crippen LogP contribution is 2.22. The first-order valence-electron chi connectivity index (χ1n) is 5.83.